The second-order valence-corrected chi connectivity index (χ2v) is 7.74. The molecule has 4 aromatic rings. The second kappa shape index (κ2) is 8.34. The van der Waals surface area contributed by atoms with Gasteiger partial charge in [0.1, 0.15) is 17.4 Å². The first-order chi connectivity index (χ1) is 14.5. The second-order valence-electron chi connectivity index (χ2n) is 6.79. The largest absolute Gasteiger partial charge is 0.394 e. The summed E-state index contributed by atoms with van der Waals surface area (Å²) >= 11 is 1.49. The van der Waals surface area contributed by atoms with Crippen molar-refractivity contribution in [1.82, 2.24) is 9.78 Å². The Balaban J connectivity index is 1.66. The summed E-state index contributed by atoms with van der Waals surface area (Å²) in [5, 5.41) is 9.24. The number of carbonyl (C=O) groups excluding carboxylic acids is 1. The molecule has 7 heteroatoms. The molecule has 2 aromatic carbocycles. The Labute approximate surface area is 177 Å². The molecule has 2 heterocycles. The summed E-state index contributed by atoms with van der Waals surface area (Å²) in [5.74, 6) is -0.351. The van der Waals surface area contributed by atoms with E-state index in [4.69, 9.17) is 5.73 Å². The van der Waals surface area contributed by atoms with Gasteiger partial charge in [0.05, 0.1) is 4.88 Å². The fourth-order valence-electron chi connectivity index (χ4n) is 3.15. The Kier molecular flexibility index (Phi) is 5.45. The van der Waals surface area contributed by atoms with Crippen molar-refractivity contribution in [2.24, 2.45) is 0 Å². The standard InChI is InChI=1S/C23H20N4O2S/c1-15(27-23(29)18(24)14-20(26-27)21-12-7-13-30-21)22(28)25-19-11-6-5-10-17(19)16-8-3-2-4-9-16/h2-15H,24H2,1H3,(H,25,28)/t15-/m1/s1. The normalized spacial score (nSPS) is 11.8. The maximum absolute atomic E-state index is 13.0. The summed E-state index contributed by atoms with van der Waals surface area (Å²) in [7, 11) is 0. The smallest absolute Gasteiger partial charge is 0.290 e. The molecule has 2 aromatic heterocycles. The van der Waals surface area contributed by atoms with Crippen molar-refractivity contribution in [3.63, 3.8) is 0 Å². The molecule has 0 aliphatic carbocycles. The number of carbonyl (C=O) groups is 1. The van der Waals surface area contributed by atoms with Gasteiger partial charge in [-0.3, -0.25) is 9.59 Å². The Morgan fingerprint density at radius 3 is 2.53 bits per heavy atom. The van der Waals surface area contributed by atoms with Crippen LogP contribution in [0.1, 0.15) is 13.0 Å². The third-order valence-corrected chi connectivity index (χ3v) is 5.64. The van der Waals surface area contributed by atoms with Crippen molar-refractivity contribution in [2.75, 3.05) is 11.1 Å². The minimum atomic E-state index is -0.844. The van der Waals surface area contributed by atoms with Gasteiger partial charge in [-0.1, -0.05) is 54.6 Å². The van der Waals surface area contributed by atoms with Gasteiger partial charge in [0, 0.05) is 11.3 Å². The number of nitrogens with one attached hydrogen (secondary N) is 1. The van der Waals surface area contributed by atoms with Gasteiger partial charge in [-0.15, -0.1) is 11.3 Å². The predicted octanol–water partition coefficient (Wildman–Crippen LogP) is 4.42. The summed E-state index contributed by atoms with van der Waals surface area (Å²) in [5.41, 5.74) is 8.58. The average Bonchev–Trinajstić information content (AvgIpc) is 3.31. The minimum Gasteiger partial charge on any atom is -0.394 e. The monoisotopic (exact) mass is 416 g/mol. The van der Waals surface area contributed by atoms with Crippen LogP contribution in [0.5, 0.6) is 0 Å². The first-order valence-electron chi connectivity index (χ1n) is 9.43. The molecule has 0 saturated heterocycles. The van der Waals surface area contributed by atoms with Gasteiger partial charge >= 0.3 is 0 Å². The predicted molar refractivity (Wildman–Crippen MR) is 121 cm³/mol. The fourth-order valence-corrected chi connectivity index (χ4v) is 3.83. The maximum Gasteiger partial charge on any atom is 0.290 e. The molecule has 1 amide bonds. The molecule has 0 fully saturated rings. The Bertz CT molecular complexity index is 1230. The lowest BCUT2D eigenvalue weighted by Crippen LogP contribution is -2.34. The highest BCUT2D eigenvalue weighted by Crippen LogP contribution is 2.28. The van der Waals surface area contributed by atoms with Crippen LogP contribution in [0.15, 0.2) is 83.0 Å². The Morgan fingerprint density at radius 1 is 1.07 bits per heavy atom. The van der Waals surface area contributed by atoms with Crippen LogP contribution in [0.2, 0.25) is 0 Å². The molecular weight excluding hydrogens is 396 g/mol. The molecule has 150 valence electrons. The quantitative estimate of drug-likeness (QED) is 0.504. The number of benzene rings is 2. The van der Waals surface area contributed by atoms with E-state index in [-0.39, 0.29) is 11.6 Å². The van der Waals surface area contributed by atoms with Crippen molar-refractivity contribution in [2.45, 2.75) is 13.0 Å². The zero-order valence-corrected chi connectivity index (χ0v) is 17.1. The number of hydrogen-bond acceptors (Lipinski definition) is 5. The third-order valence-electron chi connectivity index (χ3n) is 4.75. The van der Waals surface area contributed by atoms with E-state index in [0.29, 0.717) is 11.4 Å². The van der Waals surface area contributed by atoms with Gasteiger partial charge in [-0.25, -0.2) is 4.68 Å². The highest BCUT2D eigenvalue weighted by Gasteiger charge is 2.21. The minimum absolute atomic E-state index is 0.0535. The van der Waals surface area contributed by atoms with Crippen molar-refractivity contribution in [3.05, 3.63) is 88.5 Å². The molecule has 6 nitrogen and oxygen atoms in total. The lowest BCUT2D eigenvalue weighted by atomic mass is 10.0. The molecular formula is C23H20N4O2S. The molecule has 3 N–H and O–H groups in total. The summed E-state index contributed by atoms with van der Waals surface area (Å²) in [4.78, 5) is 26.5. The highest BCUT2D eigenvalue weighted by atomic mass is 32.1. The number of thiophene rings is 1. The molecule has 0 saturated carbocycles. The molecule has 0 unspecified atom stereocenters. The lowest BCUT2D eigenvalue weighted by molar-refractivity contribution is -0.119. The van der Waals surface area contributed by atoms with E-state index in [2.05, 4.69) is 10.4 Å². The number of nitrogens with two attached hydrogens (primary N) is 1. The van der Waals surface area contributed by atoms with Gasteiger partial charge in [-0.2, -0.15) is 5.10 Å². The Hall–Kier alpha value is -3.71. The van der Waals surface area contributed by atoms with E-state index >= 15 is 0 Å². The van der Waals surface area contributed by atoms with Crippen LogP contribution in [0.3, 0.4) is 0 Å². The van der Waals surface area contributed by atoms with Gasteiger partial charge in [-0.05, 0) is 36.1 Å². The van der Waals surface area contributed by atoms with Gasteiger partial charge in [0.25, 0.3) is 5.56 Å². The van der Waals surface area contributed by atoms with Gasteiger partial charge < -0.3 is 11.1 Å². The fraction of sp³-hybridized carbons (Fsp3) is 0.0870. The summed E-state index contributed by atoms with van der Waals surface area (Å²) in [6, 6.07) is 21.8. The zero-order chi connectivity index (χ0) is 21.1. The van der Waals surface area contributed by atoms with E-state index in [1.165, 1.54) is 11.3 Å². The number of aromatic nitrogens is 2. The summed E-state index contributed by atoms with van der Waals surface area (Å²) < 4.78 is 1.14. The number of rotatable bonds is 5. The number of para-hydroxylation sites is 1. The van der Waals surface area contributed by atoms with Crippen LogP contribution in [0, 0.1) is 0 Å². The zero-order valence-electron chi connectivity index (χ0n) is 16.3. The number of nitrogens with zero attached hydrogens (tertiary/aromatic N) is 2. The molecule has 0 spiro atoms. The maximum atomic E-state index is 13.0. The lowest BCUT2D eigenvalue weighted by Gasteiger charge is -2.17. The SMILES string of the molecule is C[C@H](C(=O)Nc1ccccc1-c1ccccc1)n1nc(-c2cccs2)cc(N)c1=O. The topological polar surface area (TPSA) is 90.0 Å². The van der Waals surface area contributed by atoms with Crippen LogP contribution >= 0.6 is 11.3 Å². The van der Waals surface area contributed by atoms with Crippen molar-refractivity contribution < 1.29 is 4.79 Å². The molecule has 1 atom stereocenters. The molecule has 0 radical (unpaired) electrons. The number of anilines is 2. The van der Waals surface area contributed by atoms with Crippen molar-refractivity contribution in [3.8, 4) is 21.7 Å². The molecule has 0 aliphatic heterocycles. The van der Waals surface area contributed by atoms with E-state index in [0.717, 1.165) is 20.7 Å². The van der Waals surface area contributed by atoms with Gasteiger partial charge in [0.2, 0.25) is 5.91 Å². The number of hydrogen-bond donors (Lipinski definition) is 2. The number of amides is 1. The summed E-state index contributed by atoms with van der Waals surface area (Å²) in [6.07, 6.45) is 0. The Morgan fingerprint density at radius 2 is 1.80 bits per heavy atom. The van der Waals surface area contributed by atoms with Crippen molar-refractivity contribution in [1.29, 1.82) is 0 Å². The van der Waals surface area contributed by atoms with E-state index in [1.54, 1.807) is 13.0 Å². The van der Waals surface area contributed by atoms with Crippen molar-refractivity contribution >= 4 is 28.6 Å². The van der Waals surface area contributed by atoms with E-state index < -0.39 is 11.6 Å². The van der Waals surface area contributed by atoms with Gasteiger partial charge in [0.15, 0.2) is 0 Å². The van der Waals surface area contributed by atoms with Crippen LogP contribution in [0.25, 0.3) is 21.7 Å². The molecule has 0 aliphatic rings. The molecule has 30 heavy (non-hydrogen) atoms. The van der Waals surface area contributed by atoms with Crippen LogP contribution in [-0.4, -0.2) is 15.7 Å². The van der Waals surface area contributed by atoms with Crippen LogP contribution < -0.4 is 16.6 Å². The van der Waals surface area contributed by atoms with Crippen LogP contribution in [-0.2, 0) is 4.79 Å². The number of nitrogen functional groups attached to an aromatic ring is 1. The molecule has 4 rings (SSSR count). The first kappa shape index (κ1) is 19.6. The first-order valence-corrected chi connectivity index (χ1v) is 10.3. The van der Waals surface area contributed by atoms with E-state index in [9.17, 15) is 9.59 Å². The average molecular weight is 417 g/mol. The third kappa shape index (κ3) is 3.88. The summed E-state index contributed by atoms with van der Waals surface area (Å²) in [6.45, 7) is 1.63. The molecule has 0 bridgehead atoms. The highest BCUT2D eigenvalue weighted by molar-refractivity contribution is 7.13. The van der Waals surface area contributed by atoms with E-state index in [1.807, 2.05) is 72.1 Å². The van der Waals surface area contributed by atoms with Crippen LogP contribution in [0.4, 0.5) is 11.4 Å².